The third-order valence-corrected chi connectivity index (χ3v) is 4.88. The minimum absolute atomic E-state index is 0.104. The predicted octanol–water partition coefficient (Wildman–Crippen LogP) is 3.69. The first-order chi connectivity index (χ1) is 12.6. The van der Waals surface area contributed by atoms with E-state index in [4.69, 9.17) is 9.84 Å². The van der Waals surface area contributed by atoms with E-state index in [-0.39, 0.29) is 17.5 Å². The van der Waals surface area contributed by atoms with Gasteiger partial charge in [-0.3, -0.25) is 4.79 Å². The lowest BCUT2D eigenvalue weighted by Crippen LogP contribution is -2.30. The van der Waals surface area contributed by atoms with Gasteiger partial charge in [-0.1, -0.05) is 24.3 Å². The Morgan fingerprint density at radius 1 is 1.19 bits per heavy atom. The van der Waals surface area contributed by atoms with E-state index in [0.717, 1.165) is 36.3 Å². The molecule has 0 saturated carbocycles. The molecular weight excluding hydrogens is 330 g/mol. The predicted molar refractivity (Wildman–Crippen MR) is 98.4 cm³/mol. The van der Waals surface area contributed by atoms with Crippen molar-refractivity contribution in [3.05, 3.63) is 65.2 Å². The normalized spacial score (nSPS) is 16.5. The molecule has 1 heterocycles. The Labute approximate surface area is 153 Å². The summed E-state index contributed by atoms with van der Waals surface area (Å²) in [4.78, 5) is 25.6. The van der Waals surface area contributed by atoms with E-state index in [9.17, 15) is 9.59 Å². The second-order valence-electron chi connectivity index (χ2n) is 6.52. The average molecular weight is 353 g/mol. The Balaban J connectivity index is 1.63. The zero-order chi connectivity index (χ0) is 18.5. The molecule has 2 aromatic carbocycles. The molecule has 1 N–H and O–H groups in total. The maximum Gasteiger partial charge on any atom is 0.335 e. The summed E-state index contributed by atoms with van der Waals surface area (Å²) in [5.74, 6) is 0.00349. The summed E-state index contributed by atoms with van der Waals surface area (Å²) in [7, 11) is 1.65. The lowest BCUT2D eigenvalue weighted by Gasteiger charge is -2.25. The second-order valence-corrected chi connectivity index (χ2v) is 6.52. The highest BCUT2D eigenvalue weighted by molar-refractivity contribution is 5.87. The van der Waals surface area contributed by atoms with Gasteiger partial charge in [0, 0.05) is 13.0 Å². The van der Waals surface area contributed by atoms with Crippen LogP contribution >= 0.6 is 0 Å². The summed E-state index contributed by atoms with van der Waals surface area (Å²) >= 11 is 0. The van der Waals surface area contributed by atoms with Crippen molar-refractivity contribution >= 4 is 11.9 Å². The molecule has 0 unspecified atom stereocenters. The summed E-state index contributed by atoms with van der Waals surface area (Å²) in [6.45, 7) is 0.776. The number of likely N-dealkylation sites (tertiary alicyclic amines) is 1. The molecule has 0 spiro atoms. The van der Waals surface area contributed by atoms with Crippen molar-refractivity contribution in [1.82, 2.24) is 4.90 Å². The zero-order valence-corrected chi connectivity index (χ0v) is 14.9. The van der Waals surface area contributed by atoms with E-state index in [1.165, 1.54) is 0 Å². The number of nitrogens with zero attached hydrogens (tertiary/aromatic N) is 1. The number of ether oxygens (including phenoxy) is 1. The van der Waals surface area contributed by atoms with Crippen molar-refractivity contribution in [2.45, 2.75) is 31.7 Å². The minimum Gasteiger partial charge on any atom is -0.497 e. The number of carbonyl (C=O) groups is 2. The fourth-order valence-corrected chi connectivity index (χ4v) is 3.47. The highest BCUT2D eigenvalue weighted by atomic mass is 16.5. The molecule has 136 valence electrons. The fourth-order valence-electron chi connectivity index (χ4n) is 3.47. The van der Waals surface area contributed by atoms with E-state index in [1.807, 2.05) is 29.2 Å². The third-order valence-electron chi connectivity index (χ3n) is 4.88. The molecule has 3 rings (SSSR count). The molecule has 1 fully saturated rings. The summed E-state index contributed by atoms with van der Waals surface area (Å²) in [6.07, 6.45) is 3.00. The second kappa shape index (κ2) is 8.04. The number of hydrogen-bond acceptors (Lipinski definition) is 3. The lowest BCUT2D eigenvalue weighted by molar-refractivity contribution is -0.132. The van der Waals surface area contributed by atoms with Gasteiger partial charge in [-0.2, -0.15) is 0 Å². The lowest BCUT2D eigenvalue weighted by atomic mass is 10.0. The molecule has 1 atom stereocenters. The van der Waals surface area contributed by atoms with Gasteiger partial charge in [-0.05, 0) is 54.7 Å². The number of methoxy groups -OCH3 is 1. The van der Waals surface area contributed by atoms with Gasteiger partial charge in [0.05, 0.1) is 18.7 Å². The van der Waals surface area contributed by atoms with Crippen molar-refractivity contribution in [2.24, 2.45) is 0 Å². The van der Waals surface area contributed by atoms with E-state index in [0.29, 0.717) is 12.8 Å². The Hall–Kier alpha value is -2.82. The van der Waals surface area contributed by atoms with Crippen LogP contribution < -0.4 is 4.74 Å². The van der Waals surface area contributed by atoms with Crippen LogP contribution in [0.4, 0.5) is 0 Å². The van der Waals surface area contributed by atoms with Crippen LogP contribution in [0.3, 0.4) is 0 Å². The number of carboxylic acids is 1. The third kappa shape index (κ3) is 4.04. The molecule has 0 radical (unpaired) electrons. The first-order valence-electron chi connectivity index (χ1n) is 8.84. The number of aryl methyl sites for hydroxylation is 1. The molecule has 0 aromatic heterocycles. The molecule has 1 saturated heterocycles. The zero-order valence-electron chi connectivity index (χ0n) is 14.9. The van der Waals surface area contributed by atoms with Crippen LogP contribution in [0, 0.1) is 0 Å². The largest absolute Gasteiger partial charge is 0.497 e. The van der Waals surface area contributed by atoms with Gasteiger partial charge in [0.25, 0.3) is 0 Å². The Morgan fingerprint density at radius 2 is 1.96 bits per heavy atom. The van der Waals surface area contributed by atoms with Crippen LogP contribution in [-0.4, -0.2) is 35.5 Å². The van der Waals surface area contributed by atoms with Gasteiger partial charge in [0.2, 0.25) is 5.91 Å². The Bertz CT molecular complexity index is 785. The van der Waals surface area contributed by atoms with Crippen LogP contribution in [0.5, 0.6) is 5.75 Å². The maximum atomic E-state index is 12.7. The quantitative estimate of drug-likeness (QED) is 0.860. The van der Waals surface area contributed by atoms with Crippen molar-refractivity contribution in [3.8, 4) is 5.75 Å². The van der Waals surface area contributed by atoms with E-state index < -0.39 is 5.97 Å². The highest BCUT2D eigenvalue weighted by Gasteiger charge is 2.29. The fraction of sp³-hybridized carbons (Fsp3) is 0.333. The van der Waals surface area contributed by atoms with Crippen LogP contribution in [0.2, 0.25) is 0 Å². The van der Waals surface area contributed by atoms with Gasteiger partial charge < -0.3 is 14.7 Å². The van der Waals surface area contributed by atoms with Crippen molar-refractivity contribution in [2.75, 3.05) is 13.7 Å². The Kier molecular flexibility index (Phi) is 5.56. The number of benzene rings is 2. The number of rotatable bonds is 6. The topological polar surface area (TPSA) is 66.8 Å². The molecule has 0 aliphatic carbocycles. The van der Waals surface area contributed by atoms with Gasteiger partial charge >= 0.3 is 5.97 Å². The number of hydrogen-bond donors (Lipinski definition) is 1. The standard InChI is InChI=1S/C21H23NO4/c1-26-18-5-2-4-17(14-18)19-6-3-13-22(19)20(23)12-9-15-7-10-16(11-8-15)21(24)25/h2,4-5,7-8,10-11,14,19H,3,6,9,12-13H2,1H3,(H,24,25)/t19-/m1/s1. The van der Waals surface area contributed by atoms with E-state index >= 15 is 0 Å². The molecular formula is C21H23NO4. The number of amides is 1. The van der Waals surface area contributed by atoms with Crippen molar-refractivity contribution < 1.29 is 19.4 Å². The van der Waals surface area contributed by atoms with E-state index in [1.54, 1.807) is 31.4 Å². The van der Waals surface area contributed by atoms with Crippen molar-refractivity contribution in [1.29, 1.82) is 0 Å². The molecule has 5 heteroatoms. The molecule has 1 aliphatic rings. The minimum atomic E-state index is -0.939. The van der Waals surface area contributed by atoms with Crippen LogP contribution in [-0.2, 0) is 11.2 Å². The summed E-state index contributed by atoms with van der Waals surface area (Å²) in [5.41, 5.74) is 2.35. The Morgan fingerprint density at radius 3 is 2.65 bits per heavy atom. The number of carboxylic acid groups (broad SMARTS) is 1. The van der Waals surface area contributed by atoms with E-state index in [2.05, 4.69) is 0 Å². The summed E-state index contributed by atoms with van der Waals surface area (Å²) in [6, 6.07) is 14.7. The summed E-state index contributed by atoms with van der Waals surface area (Å²) < 4.78 is 5.30. The first-order valence-corrected chi connectivity index (χ1v) is 8.84. The number of carbonyl (C=O) groups excluding carboxylic acids is 1. The first kappa shape index (κ1) is 18.0. The molecule has 2 aromatic rings. The van der Waals surface area contributed by atoms with Gasteiger partial charge in [0.1, 0.15) is 5.75 Å². The summed E-state index contributed by atoms with van der Waals surface area (Å²) in [5, 5.41) is 8.94. The highest BCUT2D eigenvalue weighted by Crippen LogP contribution is 2.34. The van der Waals surface area contributed by atoms with Crippen LogP contribution in [0.25, 0.3) is 0 Å². The molecule has 1 aliphatic heterocycles. The van der Waals surface area contributed by atoms with Crippen LogP contribution in [0.15, 0.2) is 48.5 Å². The SMILES string of the molecule is COc1cccc([C@H]2CCCN2C(=O)CCc2ccc(C(=O)O)cc2)c1. The number of aromatic carboxylic acids is 1. The average Bonchev–Trinajstić information content (AvgIpc) is 3.16. The molecule has 0 bridgehead atoms. The van der Waals surface area contributed by atoms with Gasteiger partial charge in [0.15, 0.2) is 0 Å². The van der Waals surface area contributed by atoms with Gasteiger partial charge in [-0.15, -0.1) is 0 Å². The molecule has 1 amide bonds. The molecule has 5 nitrogen and oxygen atoms in total. The smallest absolute Gasteiger partial charge is 0.335 e. The maximum absolute atomic E-state index is 12.7. The monoisotopic (exact) mass is 353 g/mol. The van der Waals surface area contributed by atoms with Gasteiger partial charge in [-0.25, -0.2) is 4.79 Å². The van der Waals surface area contributed by atoms with Crippen molar-refractivity contribution in [3.63, 3.8) is 0 Å². The molecule has 26 heavy (non-hydrogen) atoms. The van der Waals surface area contributed by atoms with Crippen LogP contribution in [0.1, 0.15) is 46.8 Å².